The Balaban J connectivity index is 1.72. The number of hydrogen-bond acceptors (Lipinski definition) is 5. The molecule has 1 aromatic heterocycles. The number of amides is 1. The van der Waals surface area contributed by atoms with Crippen LogP contribution in [0, 0.1) is 0 Å². The molecule has 27 heavy (non-hydrogen) atoms. The van der Waals surface area contributed by atoms with Gasteiger partial charge in [0.25, 0.3) is 0 Å². The number of carbonyl (C=O) groups excluding carboxylic acids is 1. The molecule has 2 aromatic carbocycles. The van der Waals surface area contributed by atoms with Gasteiger partial charge in [0.2, 0.25) is 11.7 Å². The molecular weight excluding hydrogens is 363 g/mol. The van der Waals surface area contributed by atoms with Gasteiger partial charge in [-0.05, 0) is 29.5 Å². The Morgan fingerprint density at radius 2 is 1.96 bits per heavy atom. The average Bonchev–Trinajstić information content (AvgIpc) is 3.10. The van der Waals surface area contributed by atoms with Crippen LogP contribution in [0.4, 0.5) is 18.9 Å². The standard InChI is InChI=1S/C17H14F3N5O2/c1-27-14-8-3-2-7-13(14)21-15(26)10-25-23-16(22-24-25)11-5-4-6-12(9-11)17(18,19)20/h2-9H,10H2,1H3,(H,21,26). The minimum Gasteiger partial charge on any atom is -0.495 e. The topological polar surface area (TPSA) is 81.9 Å². The third-order valence-electron chi connectivity index (χ3n) is 3.57. The van der Waals surface area contributed by atoms with Gasteiger partial charge < -0.3 is 10.1 Å². The van der Waals surface area contributed by atoms with Crippen LogP contribution in [0.25, 0.3) is 11.4 Å². The van der Waals surface area contributed by atoms with Crippen molar-refractivity contribution in [3.05, 3.63) is 54.1 Å². The summed E-state index contributed by atoms with van der Waals surface area (Å²) in [4.78, 5) is 13.1. The maximum atomic E-state index is 12.8. The summed E-state index contributed by atoms with van der Waals surface area (Å²) >= 11 is 0. The molecule has 0 unspecified atom stereocenters. The molecule has 0 aliphatic heterocycles. The van der Waals surface area contributed by atoms with Crippen molar-refractivity contribution in [3.8, 4) is 17.1 Å². The van der Waals surface area contributed by atoms with Gasteiger partial charge in [0.05, 0.1) is 18.4 Å². The Labute approximate surface area is 151 Å². The highest BCUT2D eigenvalue weighted by Crippen LogP contribution is 2.31. The van der Waals surface area contributed by atoms with Gasteiger partial charge in [0, 0.05) is 5.56 Å². The molecule has 7 nitrogen and oxygen atoms in total. The molecule has 140 valence electrons. The second-order valence-electron chi connectivity index (χ2n) is 5.47. The molecule has 1 amide bonds. The molecule has 0 fully saturated rings. The SMILES string of the molecule is COc1ccccc1NC(=O)Cn1nnc(-c2cccc(C(F)(F)F)c2)n1. The second-order valence-corrected chi connectivity index (χ2v) is 5.47. The van der Waals surface area contributed by atoms with Gasteiger partial charge in [-0.2, -0.15) is 18.0 Å². The molecule has 1 N–H and O–H groups in total. The van der Waals surface area contributed by atoms with Crippen LogP contribution in [0.1, 0.15) is 5.56 Å². The highest BCUT2D eigenvalue weighted by Gasteiger charge is 2.30. The highest BCUT2D eigenvalue weighted by atomic mass is 19.4. The lowest BCUT2D eigenvalue weighted by Gasteiger charge is -2.09. The number of benzene rings is 2. The number of para-hydroxylation sites is 2. The fraction of sp³-hybridized carbons (Fsp3) is 0.176. The van der Waals surface area contributed by atoms with E-state index in [1.807, 2.05) is 0 Å². The maximum absolute atomic E-state index is 12.8. The summed E-state index contributed by atoms with van der Waals surface area (Å²) in [5.41, 5.74) is -0.185. The molecule has 0 saturated heterocycles. The van der Waals surface area contributed by atoms with E-state index in [2.05, 4.69) is 20.7 Å². The molecule has 0 bridgehead atoms. The molecule has 3 rings (SSSR count). The summed E-state index contributed by atoms with van der Waals surface area (Å²) in [5.74, 6) is 0.0424. The summed E-state index contributed by atoms with van der Waals surface area (Å²) in [5, 5.41) is 14.0. The van der Waals surface area contributed by atoms with Crippen molar-refractivity contribution >= 4 is 11.6 Å². The molecule has 0 aliphatic carbocycles. The zero-order valence-electron chi connectivity index (χ0n) is 14.1. The number of halogens is 3. The van der Waals surface area contributed by atoms with Crippen molar-refractivity contribution in [2.24, 2.45) is 0 Å². The number of carbonyl (C=O) groups is 1. The molecule has 0 radical (unpaired) electrons. The zero-order chi connectivity index (χ0) is 19.4. The molecule has 0 saturated carbocycles. The minimum atomic E-state index is -4.47. The van der Waals surface area contributed by atoms with E-state index < -0.39 is 17.6 Å². The molecule has 0 atom stereocenters. The monoisotopic (exact) mass is 377 g/mol. The molecular formula is C17H14F3N5O2. The fourth-order valence-electron chi connectivity index (χ4n) is 2.33. The van der Waals surface area contributed by atoms with Crippen molar-refractivity contribution in [2.45, 2.75) is 12.7 Å². The lowest BCUT2D eigenvalue weighted by Crippen LogP contribution is -2.20. The van der Waals surface area contributed by atoms with E-state index in [0.717, 1.165) is 16.9 Å². The van der Waals surface area contributed by atoms with Gasteiger partial charge in [0.15, 0.2) is 0 Å². The first-order chi connectivity index (χ1) is 12.9. The van der Waals surface area contributed by atoms with E-state index >= 15 is 0 Å². The van der Waals surface area contributed by atoms with Crippen molar-refractivity contribution < 1.29 is 22.7 Å². The third-order valence-corrected chi connectivity index (χ3v) is 3.57. The lowest BCUT2D eigenvalue weighted by molar-refractivity contribution is -0.137. The molecule has 0 spiro atoms. The average molecular weight is 377 g/mol. The van der Waals surface area contributed by atoms with Crippen LogP contribution in [0.15, 0.2) is 48.5 Å². The zero-order valence-corrected chi connectivity index (χ0v) is 14.1. The number of nitrogens with zero attached hydrogens (tertiary/aromatic N) is 4. The number of ether oxygens (including phenoxy) is 1. The number of hydrogen-bond donors (Lipinski definition) is 1. The fourth-order valence-corrected chi connectivity index (χ4v) is 2.33. The normalized spacial score (nSPS) is 11.3. The van der Waals surface area contributed by atoms with Gasteiger partial charge in [-0.25, -0.2) is 0 Å². The molecule has 3 aromatic rings. The van der Waals surface area contributed by atoms with Gasteiger partial charge in [0.1, 0.15) is 12.3 Å². The summed E-state index contributed by atoms with van der Waals surface area (Å²) in [6, 6.07) is 11.4. The molecule has 10 heteroatoms. The largest absolute Gasteiger partial charge is 0.495 e. The van der Waals surface area contributed by atoms with E-state index in [9.17, 15) is 18.0 Å². The molecule has 0 aliphatic rings. The first-order valence-electron chi connectivity index (χ1n) is 7.75. The smallest absolute Gasteiger partial charge is 0.416 e. The second kappa shape index (κ2) is 7.44. The summed E-state index contributed by atoms with van der Waals surface area (Å²) in [6.45, 7) is -0.260. The number of tetrazole rings is 1. The number of rotatable bonds is 5. The van der Waals surface area contributed by atoms with Crippen molar-refractivity contribution in [1.82, 2.24) is 20.2 Å². The first kappa shape index (κ1) is 18.4. The van der Waals surface area contributed by atoms with Crippen LogP contribution in [0.5, 0.6) is 5.75 Å². The van der Waals surface area contributed by atoms with E-state index in [-0.39, 0.29) is 17.9 Å². The highest BCUT2D eigenvalue weighted by molar-refractivity contribution is 5.91. The number of aromatic nitrogens is 4. The van der Waals surface area contributed by atoms with E-state index in [1.54, 1.807) is 24.3 Å². The van der Waals surface area contributed by atoms with E-state index in [4.69, 9.17) is 4.74 Å². The van der Waals surface area contributed by atoms with Crippen LogP contribution in [0.2, 0.25) is 0 Å². The van der Waals surface area contributed by atoms with E-state index in [0.29, 0.717) is 11.4 Å². The lowest BCUT2D eigenvalue weighted by atomic mass is 10.1. The Morgan fingerprint density at radius 3 is 2.70 bits per heavy atom. The van der Waals surface area contributed by atoms with Gasteiger partial charge in [-0.3, -0.25) is 4.79 Å². The van der Waals surface area contributed by atoms with Crippen molar-refractivity contribution in [3.63, 3.8) is 0 Å². The predicted molar refractivity (Wildman–Crippen MR) is 89.9 cm³/mol. The number of anilines is 1. The Hall–Kier alpha value is -3.43. The van der Waals surface area contributed by atoms with Gasteiger partial charge in [-0.15, -0.1) is 10.2 Å². The van der Waals surface area contributed by atoms with Crippen LogP contribution in [0.3, 0.4) is 0 Å². The van der Waals surface area contributed by atoms with E-state index in [1.165, 1.54) is 19.2 Å². The van der Waals surface area contributed by atoms with Crippen LogP contribution < -0.4 is 10.1 Å². The maximum Gasteiger partial charge on any atom is 0.416 e. The molecule has 1 heterocycles. The summed E-state index contributed by atoms with van der Waals surface area (Å²) in [6.07, 6.45) is -4.47. The quantitative estimate of drug-likeness (QED) is 0.739. The Morgan fingerprint density at radius 1 is 1.19 bits per heavy atom. The predicted octanol–water partition coefficient (Wildman–Crippen LogP) is 3.01. The summed E-state index contributed by atoms with van der Waals surface area (Å²) < 4.78 is 43.6. The minimum absolute atomic E-state index is 0.00816. The summed E-state index contributed by atoms with van der Waals surface area (Å²) in [7, 11) is 1.48. The van der Waals surface area contributed by atoms with Crippen LogP contribution in [-0.2, 0) is 17.5 Å². The van der Waals surface area contributed by atoms with Crippen LogP contribution in [-0.4, -0.2) is 33.2 Å². The number of methoxy groups -OCH3 is 1. The first-order valence-corrected chi connectivity index (χ1v) is 7.75. The van der Waals surface area contributed by atoms with Crippen molar-refractivity contribution in [2.75, 3.05) is 12.4 Å². The van der Waals surface area contributed by atoms with Gasteiger partial charge >= 0.3 is 6.18 Å². The van der Waals surface area contributed by atoms with Crippen LogP contribution >= 0.6 is 0 Å². The Kier molecular flexibility index (Phi) is 5.06. The van der Waals surface area contributed by atoms with Gasteiger partial charge in [-0.1, -0.05) is 24.3 Å². The van der Waals surface area contributed by atoms with Crippen molar-refractivity contribution in [1.29, 1.82) is 0 Å². The Bertz CT molecular complexity index is 955. The number of alkyl halides is 3. The third kappa shape index (κ3) is 4.40. The number of nitrogens with one attached hydrogen (secondary N) is 1.